The minimum Gasteiger partial charge on any atom is -0.484 e. The average molecular weight is 287 g/mol. The van der Waals surface area contributed by atoms with Gasteiger partial charge in [-0.3, -0.25) is 4.79 Å². The second-order valence-electron chi connectivity index (χ2n) is 5.09. The summed E-state index contributed by atoms with van der Waals surface area (Å²) >= 11 is 0. The topological polar surface area (TPSA) is 74.2 Å². The highest BCUT2D eigenvalue weighted by Gasteiger charge is 2.19. The molecule has 1 aromatic carbocycles. The Labute approximate surface area is 125 Å². The van der Waals surface area contributed by atoms with Crippen LogP contribution >= 0.6 is 0 Å². The molecule has 2 rings (SSSR count). The number of nitriles is 1. The molecule has 0 bridgehead atoms. The number of aryl methyl sites for hydroxylation is 1. The summed E-state index contributed by atoms with van der Waals surface area (Å²) in [5, 5.41) is 14.3. The number of carbonyl (C=O) groups excluding carboxylic acids is 1. The van der Waals surface area contributed by atoms with Crippen molar-refractivity contribution in [1.29, 1.82) is 5.26 Å². The van der Waals surface area contributed by atoms with Gasteiger partial charge in [0.1, 0.15) is 12.3 Å². The fourth-order valence-electron chi connectivity index (χ4n) is 2.66. The van der Waals surface area contributed by atoms with Crippen LogP contribution in [-0.4, -0.2) is 25.6 Å². The van der Waals surface area contributed by atoms with Crippen LogP contribution < -0.4 is 15.4 Å². The molecular weight excluding hydrogens is 266 g/mol. The molecular formula is C16H21N3O2. The Morgan fingerprint density at radius 1 is 1.52 bits per heavy atom. The Morgan fingerprint density at radius 2 is 2.38 bits per heavy atom. The minimum absolute atomic E-state index is 0.00880. The second kappa shape index (κ2) is 7.65. The second-order valence-corrected chi connectivity index (χ2v) is 5.09. The van der Waals surface area contributed by atoms with E-state index in [9.17, 15) is 4.79 Å². The highest BCUT2D eigenvalue weighted by molar-refractivity contribution is 5.77. The molecule has 1 aliphatic rings. The maximum atomic E-state index is 11.4. The zero-order valence-electron chi connectivity index (χ0n) is 12.3. The lowest BCUT2D eigenvalue weighted by Gasteiger charge is -2.26. The van der Waals surface area contributed by atoms with Crippen molar-refractivity contribution in [2.45, 2.75) is 32.2 Å². The maximum absolute atomic E-state index is 11.4. The van der Waals surface area contributed by atoms with Crippen LogP contribution in [0.15, 0.2) is 18.2 Å². The summed E-state index contributed by atoms with van der Waals surface area (Å²) in [5.74, 6) is 0.420. The van der Waals surface area contributed by atoms with Crippen molar-refractivity contribution in [1.82, 2.24) is 10.6 Å². The fourth-order valence-corrected chi connectivity index (χ4v) is 2.66. The van der Waals surface area contributed by atoms with E-state index in [1.807, 2.05) is 18.2 Å². The third-order valence-corrected chi connectivity index (χ3v) is 3.62. The van der Waals surface area contributed by atoms with Crippen molar-refractivity contribution in [3.8, 4) is 11.8 Å². The number of hydrogen-bond acceptors (Lipinski definition) is 4. The van der Waals surface area contributed by atoms with E-state index in [1.165, 1.54) is 17.5 Å². The third-order valence-electron chi connectivity index (χ3n) is 3.62. The molecule has 5 heteroatoms. The Hall–Kier alpha value is -2.06. The summed E-state index contributed by atoms with van der Waals surface area (Å²) in [6.45, 7) is 2.99. The van der Waals surface area contributed by atoms with Crippen LogP contribution in [-0.2, 0) is 11.2 Å². The molecule has 0 saturated heterocycles. The van der Waals surface area contributed by atoms with Crippen LogP contribution in [0.2, 0.25) is 0 Å². The summed E-state index contributed by atoms with van der Waals surface area (Å²) in [6, 6.07) is 8.25. The van der Waals surface area contributed by atoms with Gasteiger partial charge in [-0.1, -0.05) is 13.0 Å². The zero-order chi connectivity index (χ0) is 15.1. The van der Waals surface area contributed by atoms with E-state index in [4.69, 9.17) is 10.00 Å². The molecule has 1 atom stereocenters. The van der Waals surface area contributed by atoms with E-state index in [-0.39, 0.29) is 19.1 Å². The predicted octanol–water partition coefficient (Wildman–Crippen LogP) is 1.69. The van der Waals surface area contributed by atoms with Gasteiger partial charge in [0.2, 0.25) is 0 Å². The number of hydrogen-bond donors (Lipinski definition) is 2. The first-order valence-corrected chi connectivity index (χ1v) is 7.37. The predicted molar refractivity (Wildman–Crippen MR) is 79.9 cm³/mol. The summed E-state index contributed by atoms with van der Waals surface area (Å²) in [4.78, 5) is 11.4. The van der Waals surface area contributed by atoms with Crippen LogP contribution in [0.1, 0.15) is 36.9 Å². The van der Waals surface area contributed by atoms with E-state index in [2.05, 4.69) is 23.6 Å². The number of amides is 1. The molecule has 0 heterocycles. The van der Waals surface area contributed by atoms with E-state index in [0.717, 1.165) is 19.4 Å². The van der Waals surface area contributed by atoms with E-state index in [0.29, 0.717) is 11.8 Å². The summed E-state index contributed by atoms with van der Waals surface area (Å²) < 4.78 is 5.51. The maximum Gasteiger partial charge on any atom is 0.258 e. The van der Waals surface area contributed by atoms with Crippen molar-refractivity contribution in [3.63, 3.8) is 0 Å². The highest BCUT2D eigenvalue weighted by Crippen LogP contribution is 2.32. The Morgan fingerprint density at radius 3 is 3.14 bits per heavy atom. The van der Waals surface area contributed by atoms with Gasteiger partial charge >= 0.3 is 0 Å². The van der Waals surface area contributed by atoms with Crippen LogP contribution in [0.4, 0.5) is 0 Å². The molecule has 0 aromatic heterocycles. The highest BCUT2D eigenvalue weighted by atomic mass is 16.5. The van der Waals surface area contributed by atoms with Crippen molar-refractivity contribution in [3.05, 3.63) is 29.3 Å². The Kier molecular flexibility index (Phi) is 5.59. The molecule has 21 heavy (non-hydrogen) atoms. The van der Waals surface area contributed by atoms with Gasteiger partial charge in [-0.05, 0) is 49.1 Å². The van der Waals surface area contributed by atoms with Gasteiger partial charge in [-0.2, -0.15) is 5.26 Å². The molecule has 1 amide bonds. The van der Waals surface area contributed by atoms with E-state index < -0.39 is 0 Å². The molecule has 1 unspecified atom stereocenters. The fraction of sp³-hybridized carbons (Fsp3) is 0.500. The van der Waals surface area contributed by atoms with Gasteiger partial charge < -0.3 is 15.4 Å². The molecule has 0 radical (unpaired) electrons. The molecule has 0 spiro atoms. The number of fused-ring (bicyclic) bond motifs is 1. The quantitative estimate of drug-likeness (QED) is 0.781. The first kappa shape index (κ1) is 15.3. The molecule has 0 saturated carbocycles. The lowest BCUT2D eigenvalue weighted by Crippen LogP contribution is -2.29. The lowest BCUT2D eigenvalue weighted by molar-refractivity contribution is -0.122. The first-order valence-electron chi connectivity index (χ1n) is 7.37. The van der Waals surface area contributed by atoms with Gasteiger partial charge in [0.25, 0.3) is 5.91 Å². The van der Waals surface area contributed by atoms with Crippen LogP contribution in [0.3, 0.4) is 0 Å². The summed E-state index contributed by atoms with van der Waals surface area (Å²) in [7, 11) is 0. The SMILES string of the molecule is CCNC1CCCc2ccc(OCC(=O)NCC#N)cc21. The first-order chi connectivity index (χ1) is 10.2. The summed E-state index contributed by atoms with van der Waals surface area (Å²) in [6.07, 6.45) is 3.43. The molecule has 1 aromatic rings. The van der Waals surface area contributed by atoms with Crippen molar-refractivity contribution in [2.75, 3.05) is 19.7 Å². The number of benzene rings is 1. The molecule has 0 fully saturated rings. The van der Waals surface area contributed by atoms with Crippen molar-refractivity contribution >= 4 is 5.91 Å². The van der Waals surface area contributed by atoms with Gasteiger partial charge in [0, 0.05) is 6.04 Å². The molecule has 112 valence electrons. The van der Waals surface area contributed by atoms with Gasteiger partial charge in [-0.15, -0.1) is 0 Å². The monoisotopic (exact) mass is 287 g/mol. The average Bonchev–Trinajstić information content (AvgIpc) is 2.51. The van der Waals surface area contributed by atoms with Crippen LogP contribution in [0.5, 0.6) is 5.75 Å². The van der Waals surface area contributed by atoms with E-state index in [1.54, 1.807) is 0 Å². The molecule has 2 N–H and O–H groups in total. The van der Waals surface area contributed by atoms with Gasteiger partial charge in [0.05, 0.1) is 6.07 Å². The van der Waals surface area contributed by atoms with Crippen LogP contribution in [0.25, 0.3) is 0 Å². The number of rotatable bonds is 6. The zero-order valence-corrected chi connectivity index (χ0v) is 12.3. The standard InChI is InChI=1S/C16H21N3O2/c1-2-18-15-5-3-4-12-6-7-13(10-14(12)15)21-11-16(20)19-9-8-17/h6-7,10,15,18H,2-5,9,11H2,1H3,(H,19,20). The minimum atomic E-state index is -0.280. The van der Waals surface area contributed by atoms with E-state index >= 15 is 0 Å². The largest absolute Gasteiger partial charge is 0.484 e. The molecule has 0 aliphatic heterocycles. The Balaban J connectivity index is 2.00. The third kappa shape index (κ3) is 4.20. The van der Waals surface area contributed by atoms with Gasteiger partial charge in [-0.25, -0.2) is 0 Å². The molecule has 5 nitrogen and oxygen atoms in total. The normalized spacial score (nSPS) is 16.7. The number of carbonyl (C=O) groups is 1. The van der Waals surface area contributed by atoms with Crippen LogP contribution in [0, 0.1) is 11.3 Å². The number of nitrogens with one attached hydrogen (secondary N) is 2. The van der Waals surface area contributed by atoms with Crippen molar-refractivity contribution in [2.24, 2.45) is 0 Å². The summed E-state index contributed by atoms with van der Waals surface area (Å²) in [5.41, 5.74) is 2.63. The Bertz CT molecular complexity index is 537. The number of ether oxygens (including phenoxy) is 1. The van der Waals surface area contributed by atoms with Gasteiger partial charge in [0.15, 0.2) is 6.61 Å². The molecule has 1 aliphatic carbocycles. The smallest absolute Gasteiger partial charge is 0.258 e. The number of nitrogens with zero attached hydrogens (tertiary/aromatic N) is 1. The lowest BCUT2D eigenvalue weighted by atomic mass is 9.87. The van der Waals surface area contributed by atoms with Crippen molar-refractivity contribution < 1.29 is 9.53 Å².